The number of alkyl halides is 3. The monoisotopic (exact) mass is 292 g/mol. The first-order chi connectivity index (χ1) is 9.40. The van der Waals surface area contributed by atoms with E-state index in [0.29, 0.717) is 32.3 Å². The Kier molecular flexibility index (Phi) is 4.62. The first kappa shape index (κ1) is 15.2. The summed E-state index contributed by atoms with van der Waals surface area (Å²) in [6.07, 6.45) is -4.73. The van der Waals surface area contributed by atoms with Crippen LogP contribution >= 0.6 is 0 Å². The third-order valence-electron chi connectivity index (χ3n) is 3.26. The van der Waals surface area contributed by atoms with Crippen molar-refractivity contribution in [2.24, 2.45) is 5.73 Å². The second-order valence-electron chi connectivity index (χ2n) is 4.76. The molecule has 7 heteroatoms. The second-order valence-corrected chi connectivity index (χ2v) is 4.76. The summed E-state index contributed by atoms with van der Waals surface area (Å²) in [6, 6.07) is 2.77. The molecule has 1 aromatic carbocycles. The van der Waals surface area contributed by atoms with Gasteiger partial charge in [0.05, 0.1) is 18.3 Å². The molecule has 0 spiro atoms. The van der Waals surface area contributed by atoms with E-state index in [1.807, 2.05) is 4.90 Å². The van der Waals surface area contributed by atoms with Crippen molar-refractivity contribution in [3.05, 3.63) is 35.1 Å². The van der Waals surface area contributed by atoms with Crippen molar-refractivity contribution in [2.45, 2.75) is 18.8 Å². The largest absolute Gasteiger partial charge is 0.416 e. The highest BCUT2D eigenvalue weighted by Crippen LogP contribution is 2.33. The van der Waals surface area contributed by atoms with E-state index in [4.69, 9.17) is 10.5 Å². The molecule has 0 bridgehead atoms. The van der Waals surface area contributed by atoms with Crippen LogP contribution in [0.25, 0.3) is 0 Å². The first-order valence-corrected chi connectivity index (χ1v) is 6.30. The average Bonchev–Trinajstić information content (AvgIpc) is 2.40. The maximum atomic E-state index is 13.0. The van der Waals surface area contributed by atoms with Gasteiger partial charge in [-0.2, -0.15) is 13.2 Å². The van der Waals surface area contributed by atoms with E-state index in [1.165, 1.54) is 6.07 Å². The quantitative estimate of drug-likeness (QED) is 0.866. The van der Waals surface area contributed by atoms with Crippen molar-refractivity contribution < 1.29 is 22.3 Å². The Bertz CT molecular complexity index is 464. The van der Waals surface area contributed by atoms with Crippen molar-refractivity contribution in [3.63, 3.8) is 0 Å². The zero-order chi connectivity index (χ0) is 14.8. The number of halogens is 4. The molecule has 1 saturated heterocycles. The predicted molar refractivity (Wildman–Crippen MR) is 65.5 cm³/mol. The van der Waals surface area contributed by atoms with Crippen molar-refractivity contribution in [3.8, 4) is 0 Å². The van der Waals surface area contributed by atoms with Crippen molar-refractivity contribution >= 4 is 0 Å². The summed E-state index contributed by atoms with van der Waals surface area (Å²) < 4.78 is 57.1. The molecular formula is C13H16F4N2O. The third-order valence-corrected chi connectivity index (χ3v) is 3.26. The fourth-order valence-electron chi connectivity index (χ4n) is 2.26. The molecule has 1 unspecified atom stereocenters. The number of hydrogen-bond acceptors (Lipinski definition) is 3. The number of ether oxygens (including phenoxy) is 1. The van der Waals surface area contributed by atoms with Gasteiger partial charge in [-0.05, 0) is 17.7 Å². The molecular weight excluding hydrogens is 276 g/mol. The average molecular weight is 292 g/mol. The Balaban J connectivity index is 2.16. The van der Waals surface area contributed by atoms with E-state index in [0.717, 1.165) is 6.07 Å². The van der Waals surface area contributed by atoms with Crippen LogP contribution in [0.4, 0.5) is 17.6 Å². The molecule has 1 fully saturated rings. The van der Waals surface area contributed by atoms with Crippen molar-refractivity contribution in [1.29, 1.82) is 0 Å². The van der Waals surface area contributed by atoms with Gasteiger partial charge in [-0.15, -0.1) is 0 Å². The van der Waals surface area contributed by atoms with E-state index >= 15 is 0 Å². The molecule has 3 nitrogen and oxygen atoms in total. The molecule has 1 atom stereocenters. The van der Waals surface area contributed by atoms with Crippen molar-refractivity contribution in [1.82, 2.24) is 4.90 Å². The van der Waals surface area contributed by atoms with Gasteiger partial charge in [0.1, 0.15) is 5.82 Å². The maximum absolute atomic E-state index is 13.0. The van der Waals surface area contributed by atoms with Gasteiger partial charge in [0.2, 0.25) is 0 Å². The van der Waals surface area contributed by atoms with Crippen LogP contribution in [0.5, 0.6) is 0 Å². The molecule has 0 radical (unpaired) electrons. The molecule has 2 rings (SSSR count). The number of morpholine rings is 1. The highest BCUT2D eigenvalue weighted by atomic mass is 19.4. The van der Waals surface area contributed by atoms with Crippen LogP contribution in [0.2, 0.25) is 0 Å². The topological polar surface area (TPSA) is 38.5 Å². The lowest BCUT2D eigenvalue weighted by Crippen LogP contribution is -2.45. The van der Waals surface area contributed by atoms with Crippen LogP contribution in [0.1, 0.15) is 11.1 Å². The molecule has 0 amide bonds. The zero-order valence-electron chi connectivity index (χ0n) is 10.8. The van der Waals surface area contributed by atoms with E-state index < -0.39 is 17.6 Å². The second kappa shape index (κ2) is 6.07. The Morgan fingerprint density at radius 3 is 2.75 bits per heavy atom. The molecule has 0 saturated carbocycles. The normalized spacial score (nSPS) is 21.1. The summed E-state index contributed by atoms with van der Waals surface area (Å²) in [4.78, 5) is 1.84. The fourth-order valence-corrected chi connectivity index (χ4v) is 2.26. The van der Waals surface area contributed by atoms with E-state index in [9.17, 15) is 17.6 Å². The van der Waals surface area contributed by atoms with Gasteiger partial charge in [0.15, 0.2) is 0 Å². The summed E-state index contributed by atoms with van der Waals surface area (Å²) >= 11 is 0. The standard InChI is InChI=1S/C13H16F4N2O/c14-10-2-1-9(12(5-10)13(15,16)17)7-19-3-4-20-11(6-18)8-19/h1-2,5,11H,3-4,6-8,18H2. The van der Waals surface area contributed by atoms with Crippen LogP contribution < -0.4 is 5.73 Å². The smallest absolute Gasteiger partial charge is 0.374 e. The number of nitrogens with two attached hydrogens (primary N) is 1. The molecule has 20 heavy (non-hydrogen) atoms. The molecule has 1 aliphatic heterocycles. The molecule has 0 aromatic heterocycles. The Morgan fingerprint density at radius 2 is 2.10 bits per heavy atom. The summed E-state index contributed by atoms with van der Waals surface area (Å²) in [5.41, 5.74) is 4.64. The van der Waals surface area contributed by atoms with Crippen molar-refractivity contribution in [2.75, 3.05) is 26.2 Å². The molecule has 2 N–H and O–H groups in total. The molecule has 1 aromatic rings. The minimum absolute atomic E-state index is 0.0663. The van der Waals surface area contributed by atoms with Gasteiger partial charge < -0.3 is 10.5 Å². The van der Waals surface area contributed by atoms with Gasteiger partial charge in [-0.1, -0.05) is 6.07 Å². The van der Waals surface area contributed by atoms with Crippen LogP contribution in [0.3, 0.4) is 0 Å². The predicted octanol–water partition coefficient (Wildman–Crippen LogP) is 2.00. The number of rotatable bonds is 3. The van der Waals surface area contributed by atoms with Gasteiger partial charge in [-0.25, -0.2) is 4.39 Å². The highest BCUT2D eigenvalue weighted by Gasteiger charge is 2.34. The first-order valence-electron chi connectivity index (χ1n) is 6.30. The van der Waals surface area contributed by atoms with E-state index in [2.05, 4.69) is 0 Å². The lowest BCUT2D eigenvalue weighted by atomic mass is 10.1. The van der Waals surface area contributed by atoms with Crippen LogP contribution in [0, 0.1) is 5.82 Å². The van der Waals surface area contributed by atoms with E-state index in [1.54, 1.807) is 0 Å². The maximum Gasteiger partial charge on any atom is 0.416 e. The molecule has 1 aliphatic rings. The van der Waals surface area contributed by atoms with Crippen LogP contribution in [-0.4, -0.2) is 37.2 Å². The van der Waals surface area contributed by atoms with Gasteiger partial charge in [0.25, 0.3) is 0 Å². The minimum Gasteiger partial charge on any atom is -0.374 e. The number of hydrogen-bond donors (Lipinski definition) is 1. The Morgan fingerprint density at radius 1 is 1.35 bits per heavy atom. The molecule has 112 valence electrons. The summed E-state index contributed by atoms with van der Waals surface area (Å²) in [6.45, 7) is 1.88. The number of benzene rings is 1. The molecule has 0 aliphatic carbocycles. The minimum atomic E-state index is -4.56. The lowest BCUT2D eigenvalue weighted by molar-refractivity contribution is -0.138. The fraction of sp³-hybridized carbons (Fsp3) is 0.538. The van der Waals surface area contributed by atoms with Crippen LogP contribution in [-0.2, 0) is 17.5 Å². The summed E-state index contributed by atoms with van der Waals surface area (Å²) in [7, 11) is 0. The lowest BCUT2D eigenvalue weighted by Gasteiger charge is -2.32. The number of nitrogens with zero attached hydrogens (tertiary/aromatic N) is 1. The van der Waals surface area contributed by atoms with Crippen LogP contribution in [0.15, 0.2) is 18.2 Å². The highest BCUT2D eigenvalue weighted by molar-refractivity contribution is 5.30. The van der Waals surface area contributed by atoms with E-state index in [-0.39, 0.29) is 18.2 Å². The molecule has 1 heterocycles. The Labute approximate surface area is 114 Å². The summed E-state index contributed by atoms with van der Waals surface area (Å²) in [5.74, 6) is -0.886. The SMILES string of the molecule is NCC1CN(Cc2ccc(F)cc2C(F)(F)F)CCO1. The summed E-state index contributed by atoms with van der Waals surface area (Å²) in [5, 5.41) is 0. The Hall–Kier alpha value is -1.18. The third kappa shape index (κ3) is 3.68. The van der Waals surface area contributed by atoms with Gasteiger partial charge in [0, 0.05) is 26.2 Å². The van der Waals surface area contributed by atoms with Gasteiger partial charge >= 0.3 is 6.18 Å². The zero-order valence-corrected chi connectivity index (χ0v) is 10.8. The van der Waals surface area contributed by atoms with Gasteiger partial charge in [-0.3, -0.25) is 4.90 Å².